The summed E-state index contributed by atoms with van der Waals surface area (Å²) in [7, 11) is 1.48. The zero-order valence-electron chi connectivity index (χ0n) is 14.4. The van der Waals surface area contributed by atoms with Crippen LogP contribution in [0.1, 0.15) is 17.5 Å². The summed E-state index contributed by atoms with van der Waals surface area (Å²) in [6.45, 7) is 1.96. The molecule has 2 N–H and O–H groups in total. The predicted octanol–water partition coefficient (Wildman–Crippen LogP) is 2.03. The molecule has 136 valence electrons. The second kappa shape index (κ2) is 9.50. The van der Waals surface area contributed by atoms with Crippen LogP contribution in [0.25, 0.3) is 6.08 Å². The Labute approximate surface area is 154 Å². The molecule has 0 saturated carbocycles. The molecule has 0 radical (unpaired) electrons. The molecule has 2 aromatic rings. The van der Waals surface area contributed by atoms with E-state index in [9.17, 15) is 10.1 Å². The van der Waals surface area contributed by atoms with E-state index in [0.717, 1.165) is 11.4 Å². The SMILES string of the molecule is CCc1nnc(NC(=O)C(C#N)=Cc2ccc(OCCO)c(OC)c2)s1. The van der Waals surface area contributed by atoms with E-state index in [0.29, 0.717) is 22.2 Å². The van der Waals surface area contributed by atoms with E-state index in [1.807, 2.05) is 13.0 Å². The number of ether oxygens (including phenoxy) is 2. The molecule has 0 saturated heterocycles. The van der Waals surface area contributed by atoms with Gasteiger partial charge in [0.2, 0.25) is 5.13 Å². The number of aliphatic hydroxyl groups is 1. The predicted molar refractivity (Wildman–Crippen MR) is 97.1 cm³/mol. The second-order valence-corrected chi connectivity index (χ2v) is 6.02. The van der Waals surface area contributed by atoms with Crippen LogP contribution in [-0.2, 0) is 11.2 Å². The number of anilines is 1. The van der Waals surface area contributed by atoms with Crippen LogP contribution in [0.2, 0.25) is 0 Å². The average molecular weight is 374 g/mol. The lowest BCUT2D eigenvalue weighted by atomic mass is 10.1. The fraction of sp³-hybridized carbons (Fsp3) is 0.294. The minimum Gasteiger partial charge on any atom is -0.493 e. The minimum absolute atomic E-state index is 0.0793. The summed E-state index contributed by atoms with van der Waals surface area (Å²) in [5, 5.41) is 29.6. The molecule has 0 atom stereocenters. The maximum absolute atomic E-state index is 12.3. The topological polar surface area (TPSA) is 117 Å². The van der Waals surface area contributed by atoms with Gasteiger partial charge in [-0.1, -0.05) is 24.3 Å². The molecule has 1 aromatic carbocycles. The first-order valence-electron chi connectivity index (χ1n) is 7.78. The van der Waals surface area contributed by atoms with Crippen LogP contribution < -0.4 is 14.8 Å². The Morgan fingerprint density at radius 2 is 2.23 bits per heavy atom. The van der Waals surface area contributed by atoms with E-state index in [-0.39, 0.29) is 18.8 Å². The third kappa shape index (κ3) is 5.02. The molecule has 0 aliphatic heterocycles. The van der Waals surface area contributed by atoms with Crippen molar-refractivity contribution in [2.24, 2.45) is 0 Å². The number of hydrogen-bond acceptors (Lipinski definition) is 8. The summed E-state index contributed by atoms with van der Waals surface area (Å²) in [6, 6.07) is 6.84. The molecule has 0 aliphatic rings. The molecule has 0 spiro atoms. The largest absolute Gasteiger partial charge is 0.493 e. The molecule has 8 nitrogen and oxygen atoms in total. The molecule has 0 bridgehead atoms. The number of nitrogens with zero attached hydrogens (tertiary/aromatic N) is 3. The van der Waals surface area contributed by atoms with Crippen molar-refractivity contribution < 1.29 is 19.4 Å². The Morgan fingerprint density at radius 1 is 1.42 bits per heavy atom. The van der Waals surface area contributed by atoms with Crippen molar-refractivity contribution in [2.45, 2.75) is 13.3 Å². The van der Waals surface area contributed by atoms with Crippen molar-refractivity contribution in [2.75, 3.05) is 25.6 Å². The van der Waals surface area contributed by atoms with Gasteiger partial charge in [0.1, 0.15) is 23.3 Å². The van der Waals surface area contributed by atoms with Crippen molar-refractivity contribution in [1.82, 2.24) is 10.2 Å². The van der Waals surface area contributed by atoms with Crippen LogP contribution in [0.15, 0.2) is 23.8 Å². The van der Waals surface area contributed by atoms with Gasteiger partial charge >= 0.3 is 0 Å². The molecular weight excluding hydrogens is 356 g/mol. The maximum Gasteiger partial charge on any atom is 0.268 e. The van der Waals surface area contributed by atoms with E-state index in [1.165, 1.54) is 24.5 Å². The Morgan fingerprint density at radius 3 is 2.85 bits per heavy atom. The maximum atomic E-state index is 12.3. The van der Waals surface area contributed by atoms with Crippen molar-refractivity contribution in [3.63, 3.8) is 0 Å². The van der Waals surface area contributed by atoms with Crippen molar-refractivity contribution >= 4 is 28.5 Å². The zero-order chi connectivity index (χ0) is 18.9. The van der Waals surface area contributed by atoms with Crippen LogP contribution in [0.4, 0.5) is 5.13 Å². The fourth-order valence-electron chi connectivity index (χ4n) is 1.98. The number of benzene rings is 1. The molecule has 0 unspecified atom stereocenters. The molecule has 1 aromatic heterocycles. The van der Waals surface area contributed by atoms with E-state index in [2.05, 4.69) is 15.5 Å². The van der Waals surface area contributed by atoms with Crippen molar-refractivity contribution in [3.05, 3.63) is 34.3 Å². The third-order valence-corrected chi connectivity index (χ3v) is 4.19. The number of hydrogen-bond donors (Lipinski definition) is 2. The first kappa shape index (κ1) is 19.4. The van der Waals surface area contributed by atoms with Gasteiger partial charge in [-0.2, -0.15) is 5.26 Å². The second-order valence-electron chi connectivity index (χ2n) is 4.96. The molecule has 0 aliphatic carbocycles. The summed E-state index contributed by atoms with van der Waals surface area (Å²) in [5.74, 6) is 0.329. The molecule has 0 fully saturated rings. The highest BCUT2D eigenvalue weighted by Crippen LogP contribution is 2.29. The van der Waals surface area contributed by atoms with Gasteiger partial charge in [-0.05, 0) is 30.2 Å². The van der Waals surface area contributed by atoms with Crippen molar-refractivity contribution in [1.29, 1.82) is 5.26 Å². The highest BCUT2D eigenvalue weighted by Gasteiger charge is 2.13. The number of carbonyl (C=O) groups excluding carboxylic acids is 1. The number of aryl methyl sites for hydroxylation is 1. The van der Waals surface area contributed by atoms with Crippen LogP contribution in [0.5, 0.6) is 11.5 Å². The average Bonchev–Trinajstić information content (AvgIpc) is 3.12. The number of amides is 1. The van der Waals surface area contributed by atoms with Gasteiger partial charge in [-0.25, -0.2) is 0 Å². The lowest BCUT2D eigenvalue weighted by Gasteiger charge is -2.10. The normalized spacial score (nSPS) is 10.9. The van der Waals surface area contributed by atoms with Gasteiger partial charge in [0.15, 0.2) is 11.5 Å². The standard InChI is InChI=1S/C17H18N4O4S/c1-3-15-20-21-17(26-15)19-16(23)12(10-18)8-11-4-5-13(25-7-6-22)14(9-11)24-2/h4-5,8-9,22H,3,6-7H2,1-2H3,(H,19,21,23). The minimum atomic E-state index is -0.564. The summed E-state index contributed by atoms with van der Waals surface area (Å²) < 4.78 is 10.6. The van der Waals surface area contributed by atoms with Crippen LogP contribution in [-0.4, -0.2) is 41.5 Å². The van der Waals surface area contributed by atoms with Gasteiger partial charge in [0.25, 0.3) is 5.91 Å². The lowest BCUT2D eigenvalue weighted by molar-refractivity contribution is -0.112. The monoisotopic (exact) mass is 374 g/mol. The Hall–Kier alpha value is -2.96. The Kier molecular flexibility index (Phi) is 7.08. The molecule has 1 heterocycles. The third-order valence-electron chi connectivity index (χ3n) is 3.20. The van der Waals surface area contributed by atoms with E-state index in [4.69, 9.17) is 14.6 Å². The summed E-state index contributed by atoms with van der Waals surface area (Å²) >= 11 is 1.26. The van der Waals surface area contributed by atoms with E-state index >= 15 is 0 Å². The number of nitrogens with one attached hydrogen (secondary N) is 1. The number of nitriles is 1. The number of aromatic nitrogens is 2. The summed E-state index contributed by atoms with van der Waals surface area (Å²) in [5.41, 5.74) is 0.515. The zero-order valence-corrected chi connectivity index (χ0v) is 15.2. The van der Waals surface area contributed by atoms with Gasteiger partial charge in [0, 0.05) is 0 Å². The Balaban J connectivity index is 2.19. The van der Waals surface area contributed by atoms with Crippen LogP contribution >= 0.6 is 11.3 Å². The van der Waals surface area contributed by atoms with Gasteiger partial charge in [-0.15, -0.1) is 10.2 Å². The van der Waals surface area contributed by atoms with Gasteiger partial charge < -0.3 is 14.6 Å². The smallest absolute Gasteiger partial charge is 0.268 e. The van der Waals surface area contributed by atoms with E-state index in [1.54, 1.807) is 18.2 Å². The molecule has 26 heavy (non-hydrogen) atoms. The quantitative estimate of drug-likeness (QED) is 0.536. The number of carbonyl (C=O) groups is 1. The van der Waals surface area contributed by atoms with Gasteiger partial charge in [-0.3, -0.25) is 10.1 Å². The van der Waals surface area contributed by atoms with E-state index < -0.39 is 5.91 Å². The highest BCUT2D eigenvalue weighted by molar-refractivity contribution is 7.15. The number of methoxy groups -OCH3 is 1. The number of aliphatic hydroxyl groups excluding tert-OH is 1. The van der Waals surface area contributed by atoms with Gasteiger partial charge in [0.05, 0.1) is 13.7 Å². The molecular formula is C17H18N4O4S. The first-order chi connectivity index (χ1) is 12.6. The molecule has 9 heteroatoms. The first-order valence-corrected chi connectivity index (χ1v) is 8.60. The molecule has 2 rings (SSSR count). The highest BCUT2D eigenvalue weighted by atomic mass is 32.1. The number of rotatable bonds is 8. The fourth-order valence-corrected chi connectivity index (χ4v) is 2.65. The van der Waals surface area contributed by atoms with Crippen LogP contribution in [0.3, 0.4) is 0 Å². The summed E-state index contributed by atoms with van der Waals surface area (Å²) in [6.07, 6.45) is 2.16. The molecule has 1 amide bonds. The van der Waals surface area contributed by atoms with Crippen LogP contribution in [0, 0.1) is 11.3 Å². The Bertz CT molecular complexity index is 842. The van der Waals surface area contributed by atoms with Crippen molar-refractivity contribution in [3.8, 4) is 17.6 Å². The lowest BCUT2D eigenvalue weighted by Crippen LogP contribution is -2.13. The summed E-state index contributed by atoms with van der Waals surface area (Å²) in [4.78, 5) is 12.3.